The lowest BCUT2D eigenvalue weighted by Gasteiger charge is -2.10. The number of thioether (sulfide) groups is 2. The summed E-state index contributed by atoms with van der Waals surface area (Å²) in [5, 5.41) is 1.32. The van der Waals surface area contributed by atoms with Gasteiger partial charge in [0.15, 0.2) is 33.6 Å². The fourth-order valence-corrected chi connectivity index (χ4v) is 5.19. The van der Waals surface area contributed by atoms with Crippen molar-refractivity contribution in [1.29, 1.82) is 0 Å². The molecule has 0 saturated heterocycles. The monoisotopic (exact) mass is 636 g/mol. The topological polar surface area (TPSA) is 60.8 Å². The molecular weight excluding hydrogens is 619 g/mol. The van der Waals surface area contributed by atoms with Gasteiger partial charge in [-0.1, -0.05) is 82.6 Å². The number of nitrogens with zero attached hydrogens (tertiary/aromatic N) is 4. The molecule has 0 saturated carbocycles. The first kappa shape index (κ1) is 31.2. The van der Waals surface area contributed by atoms with E-state index in [9.17, 15) is 17.6 Å². The van der Waals surface area contributed by atoms with Crippen LogP contribution in [0.25, 0.3) is 0 Å². The molecule has 5 nitrogen and oxygen atoms in total. The molecule has 2 heterocycles. The van der Waals surface area contributed by atoms with Crippen LogP contribution in [-0.2, 0) is 11.5 Å². The Bertz CT molecular complexity index is 1420. The Hall–Kier alpha value is -2.31. The van der Waals surface area contributed by atoms with Crippen molar-refractivity contribution in [3.63, 3.8) is 0 Å². The summed E-state index contributed by atoms with van der Waals surface area (Å²) in [5.41, 5.74) is 0.481. The molecule has 2 aromatic heterocycles. The normalized spacial score (nSPS) is 10.8. The van der Waals surface area contributed by atoms with Crippen LogP contribution in [0.1, 0.15) is 25.0 Å². The maximum absolute atomic E-state index is 13.6. The molecule has 0 amide bonds. The van der Waals surface area contributed by atoms with E-state index >= 15 is 0 Å². The van der Waals surface area contributed by atoms with E-state index in [4.69, 9.17) is 39.5 Å². The van der Waals surface area contributed by atoms with Gasteiger partial charge in [-0.3, -0.25) is 0 Å². The Balaban J connectivity index is 0.000000218. The van der Waals surface area contributed by atoms with E-state index in [0.29, 0.717) is 16.2 Å². The summed E-state index contributed by atoms with van der Waals surface area (Å²) in [6.07, 6.45) is -0.0468. The first-order valence-corrected chi connectivity index (χ1v) is 14.1. The van der Waals surface area contributed by atoms with Crippen molar-refractivity contribution in [3.05, 3.63) is 98.4 Å². The van der Waals surface area contributed by atoms with Crippen molar-refractivity contribution in [3.8, 4) is 5.88 Å². The number of hydrogen-bond donors (Lipinski definition) is 0. The van der Waals surface area contributed by atoms with Crippen LogP contribution in [0.3, 0.4) is 0 Å². The molecule has 0 aliphatic rings. The third-order valence-corrected chi connectivity index (χ3v) is 6.80. The van der Waals surface area contributed by atoms with E-state index in [2.05, 4.69) is 19.9 Å². The van der Waals surface area contributed by atoms with Crippen LogP contribution >= 0.6 is 58.3 Å². The van der Waals surface area contributed by atoms with E-state index in [1.165, 1.54) is 36.4 Å². The van der Waals surface area contributed by atoms with Crippen molar-refractivity contribution >= 4 is 58.3 Å². The van der Waals surface area contributed by atoms with E-state index < -0.39 is 23.3 Å². The van der Waals surface area contributed by atoms with Gasteiger partial charge in [-0.15, -0.1) is 0 Å². The number of benzene rings is 2. The summed E-state index contributed by atoms with van der Waals surface area (Å²) in [5.74, 6) is -2.72. The van der Waals surface area contributed by atoms with Crippen molar-refractivity contribution in [2.24, 2.45) is 0 Å². The van der Waals surface area contributed by atoms with Crippen molar-refractivity contribution in [2.75, 3.05) is 0 Å². The maximum Gasteiger partial charge on any atom is 0.219 e. The minimum Gasteiger partial charge on any atom is -0.475 e. The molecule has 0 aliphatic carbocycles. The van der Waals surface area contributed by atoms with Gasteiger partial charge >= 0.3 is 0 Å². The molecule has 2 aromatic carbocycles. The van der Waals surface area contributed by atoms with E-state index in [1.807, 2.05) is 13.8 Å². The highest BCUT2D eigenvalue weighted by Crippen LogP contribution is 2.26. The van der Waals surface area contributed by atoms with Gasteiger partial charge in [0.25, 0.3) is 0 Å². The molecule has 0 radical (unpaired) electrons. The third kappa shape index (κ3) is 9.99. The van der Waals surface area contributed by atoms with E-state index in [1.54, 1.807) is 0 Å². The van der Waals surface area contributed by atoms with Crippen molar-refractivity contribution in [2.45, 2.75) is 41.8 Å². The third-order valence-electron chi connectivity index (χ3n) is 4.43. The summed E-state index contributed by atoms with van der Waals surface area (Å²) in [6, 6.07) is 11.0. The Morgan fingerprint density at radius 2 is 1.13 bits per heavy atom. The largest absolute Gasteiger partial charge is 0.475 e. The smallest absolute Gasteiger partial charge is 0.219 e. The van der Waals surface area contributed by atoms with Crippen molar-refractivity contribution in [1.82, 2.24) is 19.9 Å². The number of rotatable bonds is 8. The molecule has 0 atom stereocenters. The lowest BCUT2D eigenvalue weighted by atomic mass is 10.2. The molecule has 0 fully saturated rings. The average Bonchev–Trinajstić information content (AvgIpc) is 2.85. The Morgan fingerprint density at radius 3 is 1.59 bits per heavy atom. The lowest BCUT2D eigenvalue weighted by Crippen LogP contribution is -2.07. The number of ether oxygens (including phenoxy) is 1. The Labute approximate surface area is 245 Å². The molecule has 206 valence electrons. The predicted octanol–water partition coefficient (Wildman–Crippen LogP) is 8.84. The van der Waals surface area contributed by atoms with Gasteiger partial charge in [0.05, 0.1) is 6.10 Å². The zero-order chi connectivity index (χ0) is 28.5. The van der Waals surface area contributed by atoms with Gasteiger partial charge in [-0.25, -0.2) is 32.5 Å². The molecule has 0 spiro atoms. The van der Waals surface area contributed by atoms with Gasteiger partial charge in [-0.05, 0) is 26.0 Å². The summed E-state index contributed by atoms with van der Waals surface area (Å²) < 4.78 is 58.5. The minimum atomic E-state index is -0.877. The molecule has 4 aromatic rings. The second kappa shape index (κ2) is 14.9. The standard InChI is InChI=1S/C14H13ClF2N2OS.C11H6Cl2F2N2S/c1-8(2)20-12-6-11(15)18-14(19-12)21-7-9-4-3-5-10(16)13(9)17;12-8-4-9(13)17-11(16-8)18-5-6-2-1-3-7(14)10(6)15/h3-6,8H,7H2,1-2H3;1-4H,5H2. The molecule has 39 heavy (non-hydrogen) atoms. The highest BCUT2D eigenvalue weighted by molar-refractivity contribution is 7.98. The number of halogens is 7. The Kier molecular flexibility index (Phi) is 11.9. The number of aromatic nitrogens is 4. The first-order valence-electron chi connectivity index (χ1n) is 11.0. The highest BCUT2D eigenvalue weighted by Gasteiger charge is 2.12. The van der Waals surface area contributed by atoms with Crippen molar-refractivity contribution < 1.29 is 22.3 Å². The van der Waals surface area contributed by atoms with Crippen LogP contribution in [0.5, 0.6) is 5.88 Å². The van der Waals surface area contributed by atoms with Crippen LogP contribution in [0, 0.1) is 23.3 Å². The lowest BCUT2D eigenvalue weighted by molar-refractivity contribution is 0.230. The van der Waals surface area contributed by atoms with Gasteiger partial charge in [0.1, 0.15) is 15.5 Å². The highest BCUT2D eigenvalue weighted by atomic mass is 35.5. The van der Waals surface area contributed by atoms with Gasteiger partial charge in [0, 0.05) is 34.8 Å². The number of hydrogen-bond acceptors (Lipinski definition) is 7. The van der Waals surface area contributed by atoms with Gasteiger partial charge < -0.3 is 4.74 Å². The summed E-state index contributed by atoms with van der Waals surface area (Å²) >= 11 is 19.6. The molecule has 0 bridgehead atoms. The molecule has 14 heteroatoms. The SMILES string of the molecule is CC(C)Oc1cc(Cl)nc(SCc2cccc(F)c2F)n1.Fc1cccc(CSc2nc(Cl)cc(Cl)n2)c1F. The van der Waals surface area contributed by atoms with Gasteiger partial charge in [0.2, 0.25) is 5.88 Å². The van der Waals surface area contributed by atoms with Gasteiger partial charge in [-0.2, -0.15) is 4.98 Å². The zero-order valence-electron chi connectivity index (χ0n) is 20.3. The molecule has 0 N–H and O–H groups in total. The van der Waals surface area contributed by atoms with Crippen LogP contribution in [0.4, 0.5) is 17.6 Å². The summed E-state index contributed by atoms with van der Waals surface area (Å²) in [6.45, 7) is 3.73. The fraction of sp³-hybridized carbons (Fsp3) is 0.200. The molecular formula is C25H19Cl3F4N4OS2. The van der Waals surface area contributed by atoms with Crippen LogP contribution in [0.15, 0.2) is 58.8 Å². The predicted molar refractivity (Wildman–Crippen MR) is 147 cm³/mol. The zero-order valence-corrected chi connectivity index (χ0v) is 24.2. The average molecular weight is 638 g/mol. The van der Waals surface area contributed by atoms with Crippen LogP contribution < -0.4 is 4.74 Å². The van der Waals surface area contributed by atoms with Crippen LogP contribution in [-0.4, -0.2) is 26.0 Å². The van der Waals surface area contributed by atoms with E-state index in [-0.39, 0.29) is 44.2 Å². The fourth-order valence-electron chi connectivity index (χ4n) is 2.78. The molecule has 4 rings (SSSR count). The second-order valence-electron chi connectivity index (χ2n) is 7.78. The molecule has 0 aliphatic heterocycles. The molecule has 0 unspecified atom stereocenters. The quantitative estimate of drug-likeness (QED) is 0.0828. The first-order chi connectivity index (χ1) is 18.5. The van der Waals surface area contributed by atoms with Crippen LogP contribution in [0.2, 0.25) is 15.5 Å². The summed E-state index contributed by atoms with van der Waals surface area (Å²) in [7, 11) is 0. The summed E-state index contributed by atoms with van der Waals surface area (Å²) in [4.78, 5) is 16.0. The second-order valence-corrected chi connectivity index (χ2v) is 10.8. The maximum atomic E-state index is 13.6. The minimum absolute atomic E-state index is 0.0468. The van der Waals surface area contributed by atoms with E-state index in [0.717, 1.165) is 35.7 Å². The Morgan fingerprint density at radius 1 is 0.692 bits per heavy atom.